The highest BCUT2D eigenvalue weighted by Crippen LogP contribution is 2.32. The molecule has 4 rings (SSSR count). The van der Waals surface area contributed by atoms with E-state index < -0.39 is 0 Å². The van der Waals surface area contributed by atoms with Crippen LogP contribution in [0.4, 0.5) is 0 Å². The fourth-order valence-corrected chi connectivity index (χ4v) is 3.71. The summed E-state index contributed by atoms with van der Waals surface area (Å²) >= 11 is 0. The van der Waals surface area contributed by atoms with Gasteiger partial charge in [-0.25, -0.2) is 4.79 Å². The maximum Gasteiger partial charge on any atom is 0.339 e. The lowest BCUT2D eigenvalue weighted by Gasteiger charge is -2.24. The number of pyridine rings is 1. The lowest BCUT2D eigenvalue weighted by atomic mass is 9.84. The van der Waals surface area contributed by atoms with E-state index >= 15 is 0 Å². The van der Waals surface area contributed by atoms with Crippen LogP contribution in [0.2, 0.25) is 0 Å². The second-order valence-electron chi connectivity index (χ2n) is 7.16. The molecule has 0 radical (unpaired) electrons. The van der Waals surface area contributed by atoms with Gasteiger partial charge in [0.2, 0.25) is 0 Å². The van der Waals surface area contributed by atoms with Gasteiger partial charge in [-0.05, 0) is 50.7 Å². The van der Waals surface area contributed by atoms with Crippen LogP contribution in [0.1, 0.15) is 52.0 Å². The van der Waals surface area contributed by atoms with Crippen LogP contribution < -0.4 is 0 Å². The Labute approximate surface area is 152 Å². The molecule has 2 aromatic heterocycles. The van der Waals surface area contributed by atoms with E-state index in [0.29, 0.717) is 17.2 Å². The summed E-state index contributed by atoms with van der Waals surface area (Å²) in [6, 6.07) is 7.80. The van der Waals surface area contributed by atoms with Crippen molar-refractivity contribution in [3.63, 3.8) is 0 Å². The van der Waals surface area contributed by atoms with Gasteiger partial charge in [-0.2, -0.15) is 0 Å². The van der Waals surface area contributed by atoms with Gasteiger partial charge < -0.3 is 9.26 Å². The summed E-state index contributed by atoms with van der Waals surface area (Å²) in [5.74, 6) is 0.930. The smallest absolute Gasteiger partial charge is 0.339 e. The summed E-state index contributed by atoms with van der Waals surface area (Å²) in [5.41, 5.74) is 5.19. The molecule has 3 aromatic rings. The number of hydrogen-bond acceptors (Lipinski definition) is 5. The normalized spacial score (nSPS) is 16.5. The highest BCUT2D eigenvalue weighted by Gasteiger charge is 2.26. The van der Waals surface area contributed by atoms with Crippen LogP contribution in [0.15, 0.2) is 28.8 Å². The Hall–Kier alpha value is -2.69. The summed E-state index contributed by atoms with van der Waals surface area (Å²) in [5, 5.41) is 4.79. The van der Waals surface area contributed by atoms with Crippen molar-refractivity contribution < 1.29 is 14.1 Å². The molecule has 5 nitrogen and oxygen atoms in total. The lowest BCUT2D eigenvalue weighted by molar-refractivity contribution is 0.0471. The third kappa shape index (κ3) is 2.87. The van der Waals surface area contributed by atoms with Crippen LogP contribution in [-0.4, -0.2) is 16.1 Å². The average Bonchev–Trinajstić information content (AvgIpc) is 2.95. The predicted octanol–water partition coefficient (Wildman–Crippen LogP) is 4.32. The molecule has 1 aromatic carbocycles. The minimum Gasteiger partial charge on any atom is -0.457 e. The van der Waals surface area contributed by atoms with Gasteiger partial charge in [0.15, 0.2) is 0 Å². The van der Waals surface area contributed by atoms with E-state index in [2.05, 4.69) is 12.1 Å². The van der Waals surface area contributed by atoms with Crippen LogP contribution in [0.25, 0.3) is 10.9 Å². The molecule has 26 heavy (non-hydrogen) atoms. The Bertz CT molecular complexity index is 971. The minimum atomic E-state index is -0.297. The first-order chi connectivity index (χ1) is 12.5. The molecule has 0 aliphatic heterocycles. The van der Waals surface area contributed by atoms with E-state index in [0.717, 1.165) is 52.7 Å². The lowest BCUT2D eigenvalue weighted by Crippen LogP contribution is -2.19. The van der Waals surface area contributed by atoms with Crippen molar-refractivity contribution in [3.05, 3.63) is 58.1 Å². The van der Waals surface area contributed by atoms with Gasteiger partial charge in [0, 0.05) is 11.1 Å². The first-order valence-electron chi connectivity index (χ1n) is 9.04. The number of ether oxygens (including phenoxy) is 1. The Balaban J connectivity index is 1.74. The number of esters is 1. The summed E-state index contributed by atoms with van der Waals surface area (Å²) in [7, 11) is 0. The van der Waals surface area contributed by atoms with Crippen LogP contribution in [0, 0.1) is 19.8 Å². The van der Waals surface area contributed by atoms with Crippen molar-refractivity contribution >= 4 is 16.9 Å². The molecular weight excluding hydrogens is 328 g/mol. The minimum absolute atomic E-state index is 0.168. The van der Waals surface area contributed by atoms with Crippen molar-refractivity contribution in [1.29, 1.82) is 0 Å². The van der Waals surface area contributed by atoms with E-state index in [1.807, 2.05) is 38.1 Å². The van der Waals surface area contributed by atoms with Crippen molar-refractivity contribution in [2.24, 2.45) is 5.92 Å². The average molecular weight is 350 g/mol. The second-order valence-corrected chi connectivity index (χ2v) is 7.16. The summed E-state index contributed by atoms with van der Waals surface area (Å²) < 4.78 is 10.8. The number of hydrogen-bond donors (Lipinski definition) is 0. The second kappa shape index (κ2) is 6.56. The molecule has 1 aliphatic carbocycles. The van der Waals surface area contributed by atoms with Gasteiger partial charge in [0.25, 0.3) is 0 Å². The molecule has 2 heterocycles. The Morgan fingerprint density at radius 2 is 2.12 bits per heavy atom. The molecule has 0 N–H and O–H groups in total. The van der Waals surface area contributed by atoms with E-state index in [1.54, 1.807) is 0 Å². The van der Waals surface area contributed by atoms with Crippen LogP contribution in [0.3, 0.4) is 0 Å². The highest BCUT2D eigenvalue weighted by atomic mass is 16.5. The van der Waals surface area contributed by atoms with E-state index in [4.69, 9.17) is 14.2 Å². The van der Waals surface area contributed by atoms with Crippen molar-refractivity contribution in [2.75, 3.05) is 0 Å². The third-order valence-corrected chi connectivity index (χ3v) is 5.24. The van der Waals surface area contributed by atoms with Gasteiger partial charge in [-0.15, -0.1) is 0 Å². The van der Waals surface area contributed by atoms with Crippen LogP contribution in [0.5, 0.6) is 0 Å². The monoisotopic (exact) mass is 350 g/mol. The Morgan fingerprint density at radius 1 is 1.31 bits per heavy atom. The summed E-state index contributed by atoms with van der Waals surface area (Å²) in [4.78, 5) is 17.9. The molecule has 0 spiro atoms. The number of carbonyl (C=O) groups is 1. The first-order valence-corrected chi connectivity index (χ1v) is 9.04. The number of benzene rings is 1. The van der Waals surface area contributed by atoms with E-state index in [9.17, 15) is 4.79 Å². The van der Waals surface area contributed by atoms with Crippen molar-refractivity contribution in [3.8, 4) is 0 Å². The van der Waals surface area contributed by atoms with E-state index in [-0.39, 0.29) is 12.6 Å². The predicted molar refractivity (Wildman–Crippen MR) is 98.0 cm³/mol. The summed E-state index contributed by atoms with van der Waals surface area (Å²) in [6.07, 6.45) is 2.88. The molecule has 1 atom stereocenters. The maximum atomic E-state index is 13.1. The molecule has 0 saturated heterocycles. The molecule has 0 fully saturated rings. The summed E-state index contributed by atoms with van der Waals surface area (Å²) in [6.45, 7) is 6.07. The highest BCUT2D eigenvalue weighted by molar-refractivity contribution is 6.05. The largest absolute Gasteiger partial charge is 0.457 e. The number of rotatable bonds is 3. The zero-order valence-electron chi connectivity index (χ0n) is 15.3. The number of aromatic nitrogens is 2. The van der Waals surface area contributed by atoms with Crippen LogP contribution in [-0.2, 0) is 24.2 Å². The van der Waals surface area contributed by atoms with Crippen molar-refractivity contribution in [1.82, 2.24) is 10.1 Å². The molecule has 0 amide bonds. The Morgan fingerprint density at radius 3 is 2.88 bits per heavy atom. The number of fused-ring (bicyclic) bond motifs is 2. The van der Waals surface area contributed by atoms with Crippen LogP contribution >= 0.6 is 0 Å². The van der Waals surface area contributed by atoms with Gasteiger partial charge in [-0.1, -0.05) is 30.3 Å². The molecule has 134 valence electrons. The molecule has 1 unspecified atom stereocenters. The number of aryl methyl sites for hydroxylation is 3. The van der Waals surface area contributed by atoms with Gasteiger partial charge in [-0.3, -0.25) is 4.98 Å². The van der Waals surface area contributed by atoms with Gasteiger partial charge >= 0.3 is 5.97 Å². The molecule has 1 aliphatic rings. The maximum absolute atomic E-state index is 13.1. The quantitative estimate of drug-likeness (QED) is 0.658. The topological polar surface area (TPSA) is 65.2 Å². The van der Waals surface area contributed by atoms with Gasteiger partial charge in [0.1, 0.15) is 12.4 Å². The molecule has 0 bridgehead atoms. The molecule has 5 heteroatoms. The molecular formula is C21H22N2O3. The van der Waals surface area contributed by atoms with E-state index in [1.165, 1.54) is 0 Å². The zero-order chi connectivity index (χ0) is 18.3. The third-order valence-electron chi connectivity index (χ3n) is 5.24. The molecule has 0 saturated carbocycles. The van der Waals surface area contributed by atoms with Gasteiger partial charge in [0.05, 0.1) is 22.3 Å². The fraction of sp³-hybridized carbons (Fsp3) is 0.381. The number of para-hydroxylation sites is 1. The number of nitrogens with zero attached hydrogens (tertiary/aromatic N) is 2. The zero-order valence-corrected chi connectivity index (χ0v) is 15.3. The first kappa shape index (κ1) is 16.8. The van der Waals surface area contributed by atoms with Crippen molar-refractivity contribution in [2.45, 2.75) is 46.6 Å². The SMILES string of the molecule is Cc1noc(C)c1COC(=O)c1c2c(nc3ccccc13)CCC(C)C2. The Kier molecular flexibility index (Phi) is 4.23. The fourth-order valence-electron chi connectivity index (χ4n) is 3.71. The standard InChI is InChI=1S/C21H22N2O3/c1-12-8-9-19-16(10-12)20(15-6-4-5-7-18(15)22-19)21(24)25-11-17-13(2)23-26-14(17)3/h4-7,12H,8-11H2,1-3H3. The number of carbonyl (C=O) groups excluding carboxylic acids is 1.